The quantitative estimate of drug-likeness (QED) is 0.940. The van der Waals surface area contributed by atoms with Crippen LogP contribution in [0.5, 0.6) is 5.75 Å². The number of halogens is 1. The van der Waals surface area contributed by atoms with Crippen molar-refractivity contribution >= 4 is 21.7 Å². The number of para-hydroxylation sites is 1. The molecule has 0 atom stereocenters. The van der Waals surface area contributed by atoms with Crippen LogP contribution in [0.4, 0.5) is 5.82 Å². The Morgan fingerprint density at radius 1 is 1.44 bits per heavy atom. The van der Waals surface area contributed by atoms with Crippen LogP contribution in [-0.4, -0.2) is 9.78 Å². The van der Waals surface area contributed by atoms with Crippen LogP contribution in [0.1, 0.15) is 5.69 Å². The molecule has 0 radical (unpaired) electrons. The Morgan fingerprint density at radius 3 is 2.81 bits per heavy atom. The van der Waals surface area contributed by atoms with Gasteiger partial charge in [-0.1, -0.05) is 12.1 Å². The lowest BCUT2D eigenvalue weighted by atomic mass is 10.3. The van der Waals surface area contributed by atoms with Crippen molar-refractivity contribution in [2.45, 2.75) is 6.61 Å². The van der Waals surface area contributed by atoms with Crippen LogP contribution in [0.2, 0.25) is 0 Å². The summed E-state index contributed by atoms with van der Waals surface area (Å²) in [6, 6.07) is 9.50. The number of aromatic nitrogens is 2. The second-order valence-corrected chi connectivity index (χ2v) is 4.26. The van der Waals surface area contributed by atoms with Crippen LogP contribution in [0, 0.1) is 0 Å². The molecular weight excluding hydrogens is 270 g/mol. The van der Waals surface area contributed by atoms with Crippen molar-refractivity contribution in [1.29, 1.82) is 0 Å². The normalized spacial score (nSPS) is 10.4. The predicted octanol–water partition coefficient (Wildman–Crippen LogP) is 2.34. The van der Waals surface area contributed by atoms with Crippen LogP contribution in [0.25, 0.3) is 0 Å². The lowest BCUT2D eigenvalue weighted by molar-refractivity contribution is 0.298. The molecule has 0 saturated heterocycles. The second-order valence-electron chi connectivity index (χ2n) is 3.40. The zero-order chi connectivity index (χ0) is 11.5. The Morgan fingerprint density at radius 2 is 2.19 bits per heavy atom. The van der Waals surface area contributed by atoms with Gasteiger partial charge in [0, 0.05) is 13.1 Å². The number of rotatable bonds is 3. The fourth-order valence-electron chi connectivity index (χ4n) is 1.33. The molecular formula is C11H12BrN3O. The smallest absolute Gasteiger partial charge is 0.134 e. The topological polar surface area (TPSA) is 53.1 Å². The van der Waals surface area contributed by atoms with Crippen molar-refractivity contribution in [3.8, 4) is 5.75 Å². The highest BCUT2D eigenvalue weighted by atomic mass is 79.9. The highest BCUT2D eigenvalue weighted by Gasteiger charge is 2.04. The molecule has 0 fully saturated rings. The van der Waals surface area contributed by atoms with E-state index in [4.69, 9.17) is 10.5 Å². The third-order valence-corrected chi connectivity index (χ3v) is 2.83. The van der Waals surface area contributed by atoms with E-state index in [2.05, 4.69) is 21.0 Å². The monoisotopic (exact) mass is 281 g/mol. The maximum absolute atomic E-state index is 5.68. The van der Waals surface area contributed by atoms with E-state index in [1.54, 1.807) is 17.8 Å². The number of benzene rings is 1. The largest absolute Gasteiger partial charge is 0.486 e. The molecule has 4 nitrogen and oxygen atoms in total. The molecule has 16 heavy (non-hydrogen) atoms. The van der Waals surface area contributed by atoms with Gasteiger partial charge in [0.05, 0.1) is 4.47 Å². The molecule has 0 amide bonds. The van der Waals surface area contributed by atoms with Crippen LogP contribution in [0.15, 0.2) is 34.8 Å². The average molecular weight is 282 g/mol. The Bertz CT molecular complexity index is 476. The molecule has 0 bridgehead atoms. The van der Waals surface area contributed by atoms with Crippen molar-refractivity contribution < 1.29 is 4.74 Å². The van der Waals surface area contributed by atoms with Gasteiger partial charge in [-0.15, -0.1) is 0 Å². The number of ether oxygens (including phenoxy) is 1. The van der Waals surface area contributed by atoms with Gasteiger partial charge in [-0.05, 0) is 28.1 Å². The summed E-state index contributed by atoms with van der Waals surface area (Å²) in [6.07, 6.45) is 0. The number of hydrogen-bond donors (Lipinski definition) is 1. The van der Waals surface area contributed by atoms with Gasteiger partial charge in [-0.25, -0.2) is 0 Å². The van der Waals surface area contributed by atoms with E-state index in [9.17, 15) is 0 Å². The zero-order valence-corrected chi connectivity index (χ0v) is 10.4. The molecule has 0 spiro atoms. The summed E-state index contributed by atoms with van der Waals surface area (Å²) in [6.45, 7) is 0.410. The number of aryl methyl sites for hydroxylation is 1. The minimum atomic E-state index is 0.410. The summed E-state index contributed by atoms with van der Waals surface area (Å²) in [5.74, 6) is 1.43. The molecule has 0 aliphatic carbocycles. The minimum Gasteiger partial charge on any atom is -0.486 e. The van der Waals surface area contributed by atoms with Gasteiger partial charge in [0.25, 0.3) is 0 Å². The highest BCUT2D eigenvalue weighted by molar-refractivity contribution is 9.10. The van der Waals surface area contributed by atoms with Gasteiger partial charge >= 0.3 is 0 Å². The lowest BCUT2D eigenvalue weighted by Crippen LogP contribution is -1.99. The lowest BCUT2D eigenvalue weighted by Gasteiger charge is -2.05. The molecule has 5 heteroatoms. The van der Waals surface area contributed by atoms with Crippen molar-refractivity contribution in [2.75, 3.05) is 5.73 Å². The fourth-order valence-corrected chi connectivity index (χ4v) is 1.73. The Balaban J connectivity index is 2.05. The van der Waals surface area contributed by atoms with Crippen molar-refractivity contribution in [3.05, 3.63) is 40.5 Å². The Hall–Kier alpha value is -1.49. The average Bonchev–Trinajstić information content (AvgIpc) is 2.57. The molecule has 2 aromatic rings. The summed E-state index contributed by atoms with van der Waals surface area (Å²) in [5, 5.41) is 4.21. The molecule has 0 saturated carbocycles. The third kappa shape index (κ3) is 2.36. The molecule has 2 rings (SSSR count). The van der Waals surface area contributed by atoms with Gasteiger partial charge < -0.3 is 10.5 Å². The van der Waals surface area contributed by atoms with E-state index < -0.39 is 0 Å². The highest BCUT2D eigenvalue weighted by Crippen LogP contribution is 2.24. The molecule has 84 valence electrons. The predicted molar refractivity (Wildman–Crippen MR) is 66.1 cm³/mol. The SMILES string of the molecule is Cn1nc(COc2ccccc2Br)cc1N. The Kier molecular flexibility index (Phi) is 3.14. The first-order valence-corrected chi connectivity index (χ1v) is 5.62. The van der Waals surface area contributed by atoms with E-state index in [1.807, 2.05) is 24.3 Å². The number of anilines is 1. The van der Waals surface area contributed by atoms with Gasteiger partial charge in [0.15, 0.2) is 0 Å². The maximum Gasteiger partial charge on any atom is 0.134 e. The van der Waals surface area contributed by atoms with Crippen LogP contribution < -0.4 is 10.5 Å². The van der Waals surface area contributed by atoms with E-state index in [0.717, 1.165) is 15.9 Å². The van der Waals surface area contributed by atoms with Crippen molar-refractivity contribution in [3.63, 3.8) is 0 Å². The number of hydrogen-bond acceptors (Lipinski definition) is 3. The van der Waals surface area contributed by atoms with Gasteiger partial charge in [-0.2, -0.15) is 5.10 Å². The first-order chi connectivity index (χ1) is 7.66. The summed E-state index contributed by atoms with van der Waals surface area (Å²) in [7, 11) is 1.80. The van der Waals surface area contributed by atoms with Crippen molar-refractivity contribution in [1.82, 2.24) is 9.78 Å². The summed E-state index contributed by atoms with van der Waals surface area (Å²) < 4.78 is 8.17. The number of nitrogens with two attached hydrogens (primary N) is 1. The number of nitrogen functional groups attached to an aromatic ring is 1. The number of nitrogens with zero attached hydrogens (tertiary/aromatic N) is 2. The summed E-state index contributed by atoms with van der Waals surface area (Å²) in [5.41, 5.74) is 6.49. The fraction of sp³-hybridized carbons (Fsp3) is 0.182. The maximum atomic E-state index is 5.68. The van der Waals surface area contributed by atoms with Crippen LogP contribution in [-0.2, 0) is 13.7 Å². The van der Waals surface area contributed by atoms with Gasteiger partial charge in [0.2, 0.25) is 0 Å². The third-order valence-electron chi connectivity index (χ3n) is 2.18. The van der Waals surface area contributed by atoms with Gasteiger partial charge in [0.1, 0.15) is 23.9 Å². The van der Waals surface area contributed by atoms with Crippen LogP contribution >= 0.6 is 15.9 Å². The zero-order valence-electron chi connectivity index (χ0n) is 8.85. The van der Waals surface area contributed by atoms with Gasteiger partial charge in [-0.3, -0.25) is 4.68 Å². The molecule has 0 unspecified atom stereocenters. The van der Waals surface area contributed by atoms with E-state index >= 15 is 0 Å². The molecule has 1 heterocycles. The molecule has 1 aromatic carbocycles. The molecule has 0 aliphatic rings. The molecule has 2 N–H and O–H groups in total. The summed E-state index contributed by atoms with van der Waals surface area (Å²) in [4.78, 5) is 0. The Labute approximate surface area is 102 Å². The first kappa shape index (κ1) is 11.0. The van der Waals surface area contributed by atoms with E-state index in [1.165, 1.54) is 0 Å². The van der Waals surface area contributed by atoms with E-state index in [0.29, 0.717) is 12.4 Å². The standard InChI is InChI=1S/C11H12BrN3O/c1-15-11(13)6-8(14-15)7-16-10-5-3-2-4-9(10)12/h2-6H,7,13H2,1H3. The minimum absolute atomic E-state index is 0.410. The van der Waals surface area contributed by atoms with Crippen LogP contribution in [0.3, 0.4) is 0 Å². The molecule has 1 aromatic heterocycles. The molecule has 0 aliphatic heterocycles. The first-order valence-electron chi connectivity index (χ1n) is 4.82. The van der Waals surface area contributed by atoms with Crippen molar-refractivity contribution in [2.24, 2.45) is 7.05 Å². The second kappa shape index (κ2) is 4.57. The summed E-state index contributed by atoms with van der Waals surface area (Å²) >= 11 is 3.41. The van der Waals surface area contributed by atoms with E-state index in [-0.39, 0.29) is 0 Å².